The summed E-state index contributed by atoms with van der Waals surface area (Å²) in [5.41, 5.74) is 0.151. The van der Waals surface area contributed by atoms with E-state index in [9.17, 15) is 4.79 Å². The van der Waals surface area contributed by atoms with Gasteiger partial charge >= 0.3 is 0 Å². The van der Waals surface area contributed by atoms with Crippen molar-refractivity contribution in [2.75, 3.05) is 25.6 Å². The van der Waals surface area contributed by atoms with Gasteiger partial charge in [-0.2, -0.15) is 0 Å². The number of carbonyl (C=O) groups is 1. The van der Waals surface area contributed by atoms with E-state index in [4.69, 9.17) is 27.9 Å². The maximum Gasteiger partial charge on any atom is 0.238 e. The molecule has 19 heavy (non-hydrogen) atoms. The van der Waals surface area contributed by atoms with Crippen LogP contribution in [-0.4, -0.2) is 31.7 Å². The van der Waals surface area contributed by atoms with Crippen molar-refractivity contribution < 1.29 is 9.53 Å². The fourth-order valence-corrected chi connectivity index (χ4v) is 2.02. The van der Waals surface area contributed by atoms with E-state index in [2.05, 4.69) is 10.6 Å². The number of rotatable bonds is 6. The molecule has 0 fully saturated rings. The molecule has 0 unspecified atom stereocenters. The Balaban J connectivity index is 2.57. The van der Waals surface area contributed by atoms with Crippen molar-refractivity contribution >= 4 is 34.8 Å². The fourth-order valence-electron chi connectivity index (χ4n) is 1.53. The van der Waals surface area contributed by atoms with Crippen LogP contribution in [0.15, 0.2) is 18.2 Å². The summed E-state index contributed by atoms with van der Waals surface area (Å²) in [6, 6.07) is 5.07. The first-order valence-corrected chi connectivity index (χ1v) is 6.59. The van der Waals surface area contributed by atoms with Gasteiger partial charge in [-0.3, -0.25) is 4.79 Å². The van der Waals surface area contributed by atoms with Gasteiger partial charge in [-0.1, -0.05) is 29.3 Å². The first kappa shape index (κ1) is 16.2. The first-order valence-electron chi connectivity index (χ1n) is 5.83. The van der Waals surface area contributed by atoms with Crippen LogP contribution in [0.3, 0.4) is 0 Å². The van der Waals surface area contributed by atoms with Crippen LogP contribution in [0.25, 0.3) is 0 Å². The Morgan fingerprint density at radius 2 is 1.89 bits per heavy atom. The zero-order chi connectivity index (χ0) is 14.5. The Morgan fingerprint density at radius 1 is 1.32 bits per heavy atom. The number of amides is 1. The summed E-state index contributed by atoms with van der Waals surface area (Å²) in [6.07, 6.45) is 0. The summed E-state index contributed by atoms with van der Waals surface area (Å²) >= 11 is 11.9. The summed E-state index contributed by atoms with van der Waals surface area (Å²) in [6.45, 7) is 4.56. The van der Waals surface area contributed by atoms with E-state index >= 15 is 0 Å². The zero-order valence-corrected chi connectivity index (χ0v) is 12.7. The average Bonchev–Trinajstić information content (AvgIpc) is 2.32. The lowest BCUT2D eigenvalue weighted by molar-refractivity contribution is -0.115. The molecule has 0 heterocycles. The molecule has 1 amide bonds. The summed E-state index contributed by atoms with van der Waals surface area (Å²) < 4.78 is 5.06. The second-order valence-corrected chi connectivity index (χ2v) is 5.63. The Bertz CT molecular complexity index is 430. The molecule has 0 radical (unpaired) electrons. The summed E-state index contributed by atoms with van der Waals surface area (Å²) in [5, 5.41) is 6.61. The van der Waals surface area contributed by atoms with Gasteiger partial charge in [-0.05, 0) is 26.0 Å². The van der Waals surface area contributed by atoms with Crippen LogP contribution in [0.2, 0.25) is 10.0 Å². The topological polar surface area (TPSA) is 50.4 Å². The van der Waals surface area contributed by atoms with Crippen molar-refractivity contribution in [3.05, 3.63) is 28.2 Å². The van der Waals surface area contributed by atoms with Gasteiger partial charge in [-0.15, -0.1) is 0 Å². The predicted octanol–water partition coefficient (Wildman–Crippen LogP) is 2.95. The third kappa shape index (κ3) is 5.37. The normalized spacial score (nSPS) is 11.4. The van der Waals surface area contributed by atoms with Crippen LogP contribution >= 0.6 is 23.2 Å². The molecule has 0 aliphatic carbocycles. The Labute approximate surface area is 123 Å². The SMILES string of the molecule is COCC(C)(C)NCC(=O)Nc1c(Cl)cccc1Cl. The highest BCUT2D eigenvalue weighted by atomic mass is 35.5. The minimum atomic E-state index is -0.281. The van der Waals surface area contributed by atoms with E-state index in [1.807, 2.05) is 13.8 Å². The molecule has 6 heteroatoms. The van der Waals surface area contributed by atoms with E-state index in [1.165, 1.54) is 0 Å². The minimum Gasteiger partial charge on any atom is -0.383 e. The van der Waals surface area contributed by atoms with Crippen LogP contribution < -0.4 is 10.6 Å². The van der Waals surface area contributed by atoms with Gasteiger partial charge in [-0.25, -0.2) is 0 Å². The van der Waals surface area contributed by atoms with E-state index in [0.29, 0.717) is 22.3 Å². The van der Waals surface area contributed by atoms with Crippen molar-refractivity contribution in [2.45, 2.75) is 19.4 Å². The van der Waals surface area contributed by atoms with Crippen LogP contribution in [-0.2, 0) is 9.53 Å². The maximum absolute atomic E-state index is 11.8. The molecule has 0 aliphatic rings. The summed E-state index contributed by atoms with van der Waals surface area (Å²) in [7, 11) is 1.62. The number of ether oxygens (including phenoxy) is 1. The minimum absolute atomic E-state index is 0.151. The molecular formula is C13H18Cl2N2O2. The van der Waals surface area contributed by atoms with Crippen LogP contribution in [0.5, 0.6) is 0 Å². The fraction of sp³-hybridized carbons (Fsp3) is 0.462. The monoisotopic (exact) mass is 304 g/mol. The highest BCUT2D eigenvalue weighted by Crippen LogP contribution is 2.29. The molecule has 2 N–H and O–H groups in total. The van der Waals surface area contributed by atoms with Gasteiger partial charge in [0.05, 0.1) is 28.9 Å². The van der Waals surface area contributed by atoms with E-state index < -0.39 is 0 Å². The predicted molar refractivity (Wildman–Crippen MR) is 79.0 cm³/mol. The summed E-state index contributed by atoms with van der Waals surface area (Å²) in [5.74, 6) is -0.209. The lowest BCUT2D eigenvalue weighted by atomic mass is 10.1. The van der Waals surface area contributed by atoms with E-state index in [1.54, 1.807) is 25.3 Å². The number of carbonyl (C=O) groups excluding carboxylic acids is 1. The van der Waals surface area contributed by atoms with Crippen molar-refractivity contribution in [3.63, 3.8) is 0 Å². The number of hydrogen-bond acceptors (Lipinski definition) is 3. The first-order chi connectivity index (χ1) is 8.85. The molecule has 0 saturated carbocycles. The molecule has 0 saturated heterocycles. The largest absolute Gasteiger partial charge is 0.383 e. The van der Waals surface area contributed by atoms with E-state index in [0.717, 1.165) is 0 Å². The molecular weight excluding hydrogens is 287 g/mol. The third-order valence-corrected chi connectivity index (χ3v) is 3.09. The lowest BCUT2D eigenvalue weighted by Gasteiger charge is -2.25. The van der Waals surface area contributed by atoms with Crippen LogP contribution in [0, 0.1) is 0 Å². The smallest absolute Gasteiger partial charge is 0.238 e. The highest BCUT2D eigenvalue weighted by Gasteiger charge is 2.18. The number of benzene rings is 1. The molecule has 1 aromatic carbocycles. The second kappa shape index (κ2) is 7.10. The Kier molecular flexibility index (Phi) is 6.07. The number of nitrogens with one attached hydrogen (secondary N) is 2. The van der Waals surface area contributed by atoms with Crippen molar-refractivity contribution in [1.82, 2.24) is 5.32 Å². The van der Waals surface area contributed by atoms with E-state index in [-0.39, 0.29) is 18.0 Å². The standard InChI is InChI=1S/C13H18Cl2N2O2/c1-13(2,8-19-3)16-7-11(18)17-12-9(14)5-4-6-10(12)15/h4-6,16H,7-8H2,1-3H3,(H,17,18). The summed E-state index contributed by atoms with van der Waals surface area (Å²) in [4.78, 5) is 11.8. The molecule has 0 bridgehead atoms. The van der Waals surface area contributed by atoms with Crippen molar-refractivity contribution in [1.29, 1.82) is 0 Å². The van der Waals surface area contributed by atoms with Crippen LogP contribution in [0.4, 0.5) is 5.69 Å². The molecule has 1 rings (SSSR count). The Morgan fingerprint density at radius 3 is 2.42 bits per heavy atom. The molecule has 106 valence electrons. The number of methoxy groups -OCH3 is 1. The second-order valence-electron chi connectivity index (χ2n) is 4.82. The lowest BCUT2D eigenvalue weighted by Crippen LogP contribution is -2.46. The Hall–Kier alpha value is -0.810. The number of halogens is 2. The van der Waals surface area contributed by atoms with Crippen LogP contribution in [0.1, 0.15) is 13.8 Å². The molecule has 1 aromatic rings. The highest BCUT2D eigenvalue weighted by molar-refractivity contribution is 6.39. The van der Waals surface area contributed by atoms with Gasteiger partial charge < -0.3 is 15.4 Å². The van der Waals surface area contributed by atoms with Gasteiger partial charge in [0.1, 0.15) is 0 Å². The molecule has 0 atom stereocenters. The van der Waals surface area contributed by atoms with Gasteiger partial charge in [0.2, 0.25) is 5.91 Å². The average molecular weight is 305 g/mol. The van der Waals surface area contributed by atoms with Crippen molar-refractivity contribution in [3.8, 4) is 0 Å². The van der Waals surface area contributed by atoms with Crippen molar-refractivity contribution in [2.24, 2.45) is 0 Å². The molecule has 0 spiro atoms. The molecule has 0 aromatic heterocycles. The number of para-hydroxylation sites is 1. The van der Waals surface area contributed by atoms with Gasteiger partial charge in [0.25, 0.3) is 0 Å². The number of anilines is 1. The maximum atomic E-state index is 11.8. The number of hydrogen-bond donors (Lipinski definition) is 2. The molecule has 4 nitrogen and oxygen atoms in total. The zero-order valence-electron chi connectivity index (χ0n) is 11.2. The third-order valence-electron chi connectivity index (χ3n) is 2.46. The molecule has 0 aliphatic heterocycles. The van der Waals surface area contributed by atoms with Gasteiger partial charge in [0.15, 0.2) is 0 Å². The quantitative estimate of drug-likeness (QED) is 0.849. The van der Waals surface area contributed by atoms with Gasteiger partial charge in [0, 0.05) is 12.6 Å².